The summed E-state index contributed by atoms with van der Waals surface area (Å²) in [6.07, 6.45) is 5.17. The third-order valence-electron chi connectivity index (χ3n) is 4.85. The Balaban J connectivity index is 2.01. The molecule has 0 radical (unpaired) electrons. The average molecular weight is 288 g/mol. The van der Waals surface area contributed by atoms with E-state index in [1.54, 1.807) is 12.7 Å². The van der Waals surface area contributed by atoms with Crippen molar-refractivity contribution in [1.29, 1.82) is 0 Å². The topological polar surface area (TPSA) is 29.5 Å². The van der Waals surface area contributed by atoms with Crippen LogP contribution < -0.4 is 4.74 Å². The second-order valence-corrected chi connectivity index (χ2v) is 6.82. The summed E-state index contributed by atoms with van der Waals surface area (Å²) in [5.74, 6) is 0.831. The van der Waals surface area contributed by atoms with E-state index in [1.165, 1.54) is 24.8 Å². The molecule has 0 heterocycles. The van der Waals surface area contributed by atoms with E-state index in [0.717, 1.165) is 24.2 Å². The second-order valence-electron chi connectivity index (χ2n) is 6.82. The summed E-state index contributed by atoms with van der Waals surface area (Å²) in [6.45, 7) is 6.94. The van der Waals surface area contributed by atoms with Crippen LogP contribution in [0.3, 0.4) is 0 Å². The van der Waals surface area contributed by atoms with Crippen molar-refractivity contribution >= 4 is 0 Å². The minimum absolute atomic E-state index is 0.294. The first kappa shape index (κ1) is 16.1. The van der Waals surface area contributed by atoms with Gasteiger partial charge in [0.05, 0.1) is 13.2 Å². The van der Waals surface area contributed by atoms with Crippen LogP contribution in [0.2, 0.25) is 0 Å². The van der Waals surface area contributed by atoms with Gasteiger partial charge >= 0.3 is 0 Å². The first-order valence-corrected chi connectivity index (χ1v) is 7.95. The van der Waals surface area contributed by atoms with E-state index < -0.39 is 6.10 Å². The van der Waals surface area contributed by atoms with E-state index in [9.17, 15) is 5.11 Å². The van der Waals surface area contributed by atoms with Crippen LogP contribution >= 0.6 is 0 Å². The summed E-state index contributed by atoms with van der Waals surface area (Å²) in [5, 5.41) is 10.4. The van der Waals surface area contributed by atoms with Crippen LogP contribution in [-0.2, 0) is 0 Å². The lowest BCUT2D eigenvalue weighted by molar-refractivity contribution is 0.164. The Morgan fingerprint density at radius 1 is 1.24 bits per heavy atom. The van der Waals surface area contributed by atoms with Crippen LogP contribution in [0.25, 0.3) is 0 Å². The molecule has 0 spiro atoms. The number of hydrogen-bond acceptors (Lipinski definition) is 2. The molecule has 0 aromatic heterocycles. The molecule has 0 saturated carbocycles. The Hall–Kier alpha value is -1.28. The van der Waals surface area contributed by atoms with Crippen molar-refractivity contribution in [2.45, 2.75) is 59.0 Å². The fourth-order valence-corrected chi connectivity index (χ4v) is 3.50. The normalized spacial score (nSPS) is 19.5. The van der Waals surface area contributed by atoms with E-state index >= 15 is 0 Å². The molecular formula is C19H28O2. The Kier molecular flexibility index (Phi) is 5.10. The van der Waals surface area contributed by atoms with Crippen LogP contribution in [0.4, 0.5) is 0 Å². The molecule has 1 atom stereocenters. The van der Waals surface area contributed by atoms with Gasteiger partial charge in [-0.25, -0.2) is 0 Å². The molecule has 1 aromatic rings. The van der Waals surface area contributed by atoms with Gasteiger partial charge in [-0.3, -0.25) is 0 Å². The van der Waals surface area contributed by atoms with Crippen molar-refractivity contribution in [1.82, 2.24) is 0 Å². The van der Waals surface area contributed by atoms with Crippen LogP contribution in [0.15, 0.2) is 35.4 Å². The molecule has 21 heavy (non-hydrogen) atoms. The lowest BCUT2D eigenvalue weighted by Crippen LogP contribution is -2.20. The Labute approximate surface area is 128 Å². The molecule has 0 bridgehead atoms. The SMILES string of the molecule is COc1ccc(C(O)CCC2=C(C)CCCC2(C)C)cc1. The van der Waals surface area contributed by atoms with Gasteiger partial charge in [0.25, 0.3) is 0 Å². The minimum Gasteiger partial charge on any atom is -0.497 e. The van der Waals surface area contributed by atoms with Gasteiger partial charge in [0.1, 0.15) is 5.75 Å². The van der Waals surface area contributed by atoms with Crippen molar-refractivity contribution in [3.05, 3.63) is 41.0 Å². The van der Waals surface area contributed by atoms with Crippen LogP contribution in [0.5, 0.6) is 5.75 Å². The Bertz CT molecular complexity index is 497. The summed E-state index contributed by atoms with van der Waals surface area (Å²) in [7, 11) is 1.66. The zero-order chi connectivity index (χ0) is 15.5. The zero-order valence-corrected chi connectivity index (χ0v) is 13.8. The maximum absolute atomic E-state index is 10.4. The van der Waals surface area contributed by atoms with Crippen molar-refractivity contribution in [2.24, 2.45) is 5.41 Å². The number of rotatable bonds is 5. The number of allylic oxidation sites excluding steroid dienone is 2. The van der Waals surface area contributed by atoms with Gasteiger partial charge in [-0.2, -0.15) is 0 Å². The quantitative estimate of drug-likeness (QED) is 0.769. The van der Waals surface area contributed by atoms with Gasteiger partial charge in [0.15, 0.2) is 0 Å². The summed E-state index contributed by atoms with van der Waals surface area (Å²) in [5.41, 5.74) is 4.36. The van der Waals surface area contributed by atoms with Gasteiger partial charge < -0.3 is 9.84 Å². The van der Waals surface area contributed by atoms with Crippen molar-refractivity contribution in [2.75, 3.05) is 7.11 Å². The first-order chi connectivity index (χ1) is 9.94. The highest BCUT2D eigenvalue weighted by atomic mass is 16.5. The number of aliphatic hydroxyl groups is 1. The number of methoxy groups -OCH3 is 1. The van der Waals surface area contributed by atoms with Gasteiger partial charge in [-0.15, -0.1) is 0 Å². The fraction of sp³-hybridized carbons (Fsp3) is 0.579. The zero-order valence-electron chi connectivity index (χ0n) is 13.8. The van der Waals surface area contributed by atoms with Gasteiger partial charge in [-0.05, 0) is 62.1 Å². The molecule has 1 N–H and O–H groups in total. The Morgan fingerprint density at radius 3 is 2.48 bits per heavy atom. The monoisotopic (exact) mass is 288 g/mol. The first-order valence-electron chi connectivity index (χ1n) is 7.95. The third-order valence-corrected chi connectivity index (χ3v) is 4.85. The molecule has 1 aromatic carbocycles. The molecule has 2 nitrogen and oxygen atoms in total. The van der Waals surface area contributed by atoms with Gasteiger partial charge in [0.2, 0.25) is 0 Å². The molecule has 0 aliphatic heterocycles. The summed E-state index contributed by atoms with van der Waals surface area (Å²) in [6, 6.07) is 7.73. The van der Waals surface area contributed by atoms with Gasteiger partial charge in [0, 0.05) is 0 Å². The smallest absolute Gasteiger partial charge is 0.118 e. The molecule has 116 valence electrons. The Morgan fingerprint density at radius 2 is 1.90 bits per heavy atom. The van der Waals surface area contributed by atoms with Crippen LogP contribution in [0, 0.1) is 5.41 Å². The molecule has 0 saturated heterocycles. The fourth-order valence-electron chi connectivity index (χ4n) is 3.50. The van der Waals surface area contributed by atoms with Gasteiger partial charge in [-0.1, -0.05) is 37.1 Å². The molecule has 0 fully saturated rings. The van der Waals surface area contributed by atoms with E-state index in [2.05, 4.69) is 20.8 Å². The number of benzene rings is 1. The average Bonchev–Trinajstić information content (AvgIpc) is 2.46. The maximum atomic E-state index is 10.4. The third kappa shape index (κ3) is 3.88. The molecular weight excluding hydrogens is 260 g/mol. The van der Waals surface area contributed by atoms with E-state index in [-0.39, 0.29) is 0 Å². The highest BCUT2D eigenvalue weighted by Gasteiger charge is 2.28. The maximum Gasteiger partial charge on any atom is 0.118 e. The molecule has 2 rings (SSSR count). The standard InChI is InChI=1S/C19H28O2/c1-14-6-5-13-19(2,3)17(14)11-12-18(20)15-7-9-16(21-4)10-8-15/h7-10,18,20H,5-6,11-13H2,1-4H3. The minimum atomic E-state index is -0.395. The van der Waals surface area contributed by atoms with E-state index in [0.29, 0.717) is 5.41 Å². The van der Waals surface area contributed by atoms with Crippen molar-refractivity contribution in [3.8, 4) is 5.75 Å². The van der Waals surface area contributed by atoms with Crippen molar-refractivity contribution < 1.29 is 9.84 Å². The molecule has 1 aliphatic carbocycles. The summed E-state index contributed by atoms with van der Waals surface area (Å²) >= 11 is 0. The predicted molar refractivity (Wildman–Crippen MR) is 87.5 cm³/mol. The predicted octanol–water partition coefficient (Wildman–Crippen LogP) is 5.04. The number of ether oxygens (including phenoxy) is 1. The van der Waals surface area contributed by atoms with E-state index in [1.807, 2.05) is 24.3 Å². The summed E-state index contributed by atoms with van der Waals surface area (Å²) < 4.78 is 5.16. The molecule has 1 aliphatic rings. The highest BCUT2D eigenvalue weighted by Crippen LogP contribution is 2.43. The molecule has 2 heteroatoms. The lowest BCUT2D eigenvalue weighted by Gasteiger charge is -2.35. The highest BCUT2D eigenvalue weighted by molar-refractivity contribution is 5.29. The molecule has 0 amide bonds. The number of hydrogen-bond donors (Lipinski definition) is 1. The molecule has 1 unspecified atom stereocenters. The number of aliphatic hydroxyl groups excluding tert-OH is 1. The van der Waals surface area contributed by atoms with Crippen LogP contribution in [-0.4, -0.2) is 12.2 Å². The van der Waals surface area contributed by atoms with E-state index in [4.69, 9.17) is 4.74 Å². The van der Waals surface area contributed by atoms with Crippen LogP contribution in [0.1, 0.15) is 64.5 Å². The second kappa shape index (κ2) is 6.65. The lowest BCUT2D eigenvalue weighted by atomic mass is 9.71. The summed E-state index contributed by atoms with van der Waals surface area (Å²) in [4.78, 5) is 0. The largest absolute Gasteiger partial charge is 0.497 e. The van der Waals surface area contributed by atoms with Crippen molar-refractivity contribution in [3.63, 3.8) is 0 Å².